The number of nitrogens with two attached hydrogens (primary N) is 1. The molecule has 0 heterocycles. The highest BCUT2D eigenvalue weighted by molar-refractivity contribution is 5.41. The molecule has 0 aliphatic rings. The average Bonchev–Trinajstić information content (AvgIpc) is 2.17. The van der Waals surface area contributed by atoms with Crippen LogP contribution in [-0.2, 0) is 0 Å². The molecule has 14 heavy (non-hydrogen) atoms. The Morgan fingerprint density at radius 2 is 2.21 bits per heavy atom. The van der Waals surface area contributed by atoms with Gasteiger partial charge in [-0.3, -0.25) is 0 Å². The van der Waals surface area contributed by atoms with Gasteiger partial charge in [0.1, 0.15) is 5.75 Å². The van der Waals surface area contributed by atoms with Gasteiger partial charge in [0, 0.05) is 5.56 Å². The van der Waals surface area contributed by atoms with Crippen molar-refractivity contribution in [3.05, 3.63) is 29.3 Å². The van der Waals surface area contributed by atoms with Gasteiger partial charge in [0.25, 0.3) is 0 Å². The predicted molar refractivity (Wildman–Crippen MR) is 56.4 cm³/mol. The number of aliphatic hydroxyl groups excluding tert-OH is 1. The Hall–Kier alpha value is -1.06. The second-order valence-corrected chi connectivity index (χ2v) is 3.28. The summed E-state index contributed by atoms with van der Waals surface area (Å²) in [7, 11) is 1.60. The quantitative estimate of drug-likeness (QED) is 0.763. The van der Waals surface area contributed by atoms with Crippen LogP contribution in [0.15, 0.2) is 18.2 Å². The van der Waals surface area contributed by atoms with Gasteiger partial charge in [0.05, 0.1) is 13.2 Å². The Morgan fingerprint density at radius 1 is 1.50 bits per heavy atom. The van der Waals surface area contributed by atoms with Crippen LogP contribution in [0, 0.1) is 6.92 Å². The van der Waals surface area contributed by atoms with Crippen LogP contribution in [0.5, 0.6) is 5.75 Å². The standard InChI is InChI=1S/C11H17NO2/c1-8-4-3-5-10(14-2)11(8)9(13)6-7-12/h3-5,9,13H,6-7,12H2,1-2H3/t9-/m0/s1. The third kappa shape index (κ3) is 2.25. The molecule has 3 heteroatoms. The summed E-state index contributed by atoms with van der Waals surface area (Å²) in [6.07, 6.45) is 0.0254. The Labute approximate surface area is 84.5 Å². The van der Waals surface area contributed by atoms with E-state index in [2.05, 4.69) is 0 Å². The Bertz CT molecular complexity index is 299. The number of hydrogen-bond donors (Lipinski definition) is 2. The average molecular weight is 195 g/mol. The number of hydrogen-bond acceptors (Lipinski definition) is 3. The molecule has 3 N–H and O–H groups in total. The van der Waals surface area contributed by atoms with Crippen molar-refractivity contribution in [3.8, 4) is 5.75 Å². The summed E-state index contributed by atoms with van der Waals surface area (Å²) in [4.78, 5) is 0. The van der Waals surface area contributed by atoms with Crippen LogP contribution in [0.1, 0.15) is 23.7 Å². The topological polar surface area (TPSA) is 55.5 Å². The monoisotopic (exact) mass is 195 g/mol. The minimum absolute atomic E-state index is 0.471. The molecule has 0 unspecified atom stereocenters. The third-order valence-corrected chi connectivity index (χ3v) is 2.28. The maximum atomic E-state index is 9.85. The van der Waals surface area contributed by atoms with Gasteiger partial charge in [-0.15, -0.1) is 0 Å². The summed E-state index contributed by atoms with van der Waals surface area (Å²) in [5.41, 5.74) is 7.29. The van der Waals surface area contributed by atoms with Gasteiger partial charge in [-0.1, -0.05) is 12.1 Å². The van der Waals surface area contributed by atoms with Gasteiger partial charge in [-0.05, 0) is 31.5 Å². The molecule has 1 aromatic rings. The van der Waals surface area contributed by atoms with Crippen LogP contribution in [0.4, 0.5) is 0 Å². The van der Waals surface area contributed by atoms with Crippen LogP contribution in [0.2, 0.25) is 0 Å². The maximum Gasteiger partial charge on any atom is 0.124 e. The highest BCUT2D eigenvalue weighted by Gasteiger charge is 2.14. The van der Waals surface area contributed by atoms with Crippen LogP contribution < -0.4 is 10.5 Å². The van der Waals surface area contributed by atoms with Crippen molar-refractivity contribution < 1.29 is 9.84 Å². The number of aliphatic hydroxyl groups is 1. The van der Waals surface area contributed by atoms with E-state index in [4.69, 9.17) is 10.5 Å². The fourth-order valence-electron chi connectivity index (χ4n) is 1.56. The number of benzene rings is 1. The molecular formula is C11H17NO2. The summed E-state index contributed by atoms with van der Waals surface area (Å²) in [5.74, 6) is 0.728. The van der Waals surface area contributed by atoms with Gasteiger partial charge in [-0.2, -0.15) is 0 Å². The van der Waals surface area contributed by atoms with E-state index < -0.39 is 6.10 Å². The highest BCUT2D eigenvalue weighted by atomic mass is 16.5. The lowest BCUT2D eigenvalue weighted by atomic mass is 10.00. The first-order chi connectivity index (χ1) is 6.70. The van der Waals surface area contributed by atoms with E-state index in [0.717, 1.165) is 16.9 Å². The van der Waals surface area contributed by atoms with Gasteiger partial charge in [0.15, 0.2) is 0 Å². The SMILES string of the molecule is COc1cccc(C)c1[C@@H](O)CCN. The first-order valence-corrected chi connectivity index (χ1v) is 4.72. The summed E-state index contributed by atoms with van der Waals surface area (Å²) >= 11 is 0. The van der Waals surface area contributed by atoms with Crippen LogP contribution >= 0.6 is 0 Å². The van der Waals surface area contributed by atoms with E-state index in [1.165, 1.54) is 0 Å². The normalized spacial score (nSPS) is 12.6. The molecule has 1 aromatic carbocycles. The van der Waals surface area contributed by atoms with E-state index in [0.29, 0.717) is 13.0 Å². The van der Waals surface area contributed by atoms with Gasteiger partial charge in [0.2, 0.25) is 0 Å². The molecular weight excluding hydrogens is 178 g/mol. The molecule has 0 saturated carbocycles. The van der Waals surface area contributed by atoms with Crippen molar-refractivity contribution in [2.75, 3.05) is 13.7 Å². The molecule has 0 aromatic heterocycles. The van der Waals surface area contributed by atoms with Crippen molar-refractivity contribution in [3.63, 3.8) is 0 Å². The lowest BCUT2D eigenvalue weighted by Gasteiger charge is -2.16. The predicted octanol–water partition coefficient (Wildman–Crippen LogP) is 1.39. The molecule has 0 amide bonds. The Morgan fingerprint density at radius 3 is 2.79 bits per heavy atom. The molecule has 3 nitrogen and oxygen atoms in total. The molecule has 0 saturated heterocycles. The summed E-state index contributed by atoms with van der Waals surface area (Å²) in [6.45, 7) is 2.43. The fourth-order valence-corrected chi connectivity index (χ4v) is 1.56. The van der Waals surface area contributed by atoms with Crippen molar-refractivity contribution in [1.29, 1.82) is 0 Å². The molecule has 78 valence electrons. The van der Waals surface area contributed by atoms with Gasteiger partial charge in [-0.25, -0.2) is 0 Å². The third-order valence-electron chi connectivity index (χ3n) is 2.28. The van der Waals surface area contributed by atoms with Crippen molar-refractivity contribution >= 4 is 0 Å². The largest absolute Gasteiger partial charge is 0.496 e. The maximum absolute atomic E-state index is 9.85. The number of rotatable bonds is 4. The number of aryl methyl sites for hydroxylation is 1. The molecule has 0 aliphatic heterocycles. The lowest BCUT2D eigenvalue weighted by molar-refractivity contribution is 0.165. The first kappa shape index (κ1) is 11.0. The molecule has 1 atom stereocenters. The van der Waals surface area contributed by atoms with Gasteiger partial charge >= 0.3 is 0 Å². The smallest absolute Gasteiger partial charge is 0.124 e. The first-order valence-electron chi connectivity index (χ1n) is 4.72. The Kier molecular flexibility index (Phi) is 3.92. The van der Waals surface area contributed by atoms with E-state index in [-0.39, 0.29) is 0 Å². The molecule has 0 fully saturated rings. The second kappa shape index (κ2) is 4.98. The second-order valence-electron chi connectivity index (χ2n) is 3.28. The Balaban J connectivity index is 3.03. The van der Waals surface area contributed by atoms with E-state index in [1.54, 1.807) is 7.11 Å². The zero-order chi connectivity index (χ0) is 10.6. The molecule has 0 bridgehead atoms. The zero-order valence-corrected chi connectivity index (χ0v) is 8.66. The zero-order valence-electron chi connectivity index (χ0n) is 8.66. The summed E-state index contributed by atoms with van der Waals surface area (Å²) in [6, 6.07) is 5.71. The molecule has 0 aliphatic carbocycles. The van der Waals surface area contributed by atoms with Crippen LogP contribution in [0.3, 0.4) is 0 Å². The van der Waals surface area contributed by atoms with E-state index >= 15 is 0 Å². The van der Waals surface area contributed by atoms with Gasteiger partial charge < -0.3 is 15.6 Å². The van der Waals surface area contributed by atoms with Crippen LogP contribution in [-0.4, -0.2) is 18.8 Å². The highest BCUT2D eigenvalue weighted by Crippen LogP contribution is 2.29. The van der Waals surface area contributed by atoms with E-state index in [9.17, 15) is 5.11 Å². The molecule has 0 radical (unpaired) electrons. The summed E-state index contributed by atoms with van der Waals surface area (Å²) < 4.78 is 5.19. The van der Waals surface area contributed by atoms with Crippen LogP contribution in [0.25, 0.3) is 0 Å². The summed E-state index contributed by atoms with van der Waals surface area (Å²) in [5, 5.41) is 9.85. The molecule has 1 rings (SSSR count). The van der Waals surface area contributed by atoms with Crippen molar-refractivity contribution in [2.45, 2.75) is 19.4 Å². The number of ether oxygens (including phenoxy) is 1. The lowest BCUT2D eigenvalue weighted by Crippen LogP contribution is -2.09. The minimum atomic E-state index is -0.531. The van der Waals surface area contributed by atoms with Crippen molar-refractivity contribution in [1.82, 2.24) is 0 Å². The van der Waals surface area contributed by atoms with E-state index in [1.807, 2.05) is 25.1 Å². The minimum Gasteiger partial charge on any atom is -0.496 e. The van der Waals surface area contributed by atoms with Crippen molar-refractivity contribution in [2.24, 2.45) is 5.73 Å². The number of methoxy groups -OCH3 is 1. The molecule has 0 spiro atoms. The fraction of sp³-hybridized carbons (Fsp3) is 0.455.